The number of carbonyl (C=O) groups excluding carboxylic acids is 1. The van der Waals surface area contributed by atoms with Gasteiger partial charge < -0.3 is 9.84 Å². The Morgan fingerprint density at radius 2 is 1.41 bits per heavy atom. The van der Waals surface area contributed by atoms with Gasteiger partial charge in [0.05, 0.1) is 0 Å². The summed E-state index contributed by atoms with van der Waals surface area (Å²) in [6, 6.07) is 0. The Bertz CT molecular complexity index is 390. The normalized spacial score (nSPS) is 12.4. The molecule has 0 aromatic heterocycles. The van der Waals surface area contributed by atoms with E-state index in [4.69, 9.17) is 9.84 Å². The number of allylic oxidation sites excluding steroid dienone is 2. The molecule has 0 aromatic rings. The van der Waals surface area contributed by atoms with Crippen LogP contribution in [0.2, 0.25) is 0 Å². The first-order valence-corrected chi connectivity index (χ1v) is 11.2. The minimum absolute atomic E-state index is 0.134. The van der Waals surface area contributed by atoms with Crippen LogP contribution < -0.4 is 0 Å². The number of hydrogen-bond acceptors (Lipinski definition) is 3. The number of rotatable bonds is 19. The number of unbranched alkanes of at least 4 members (excludes halogenated alkanes) is 9. The van der Waals surface area contributed by atoms with E-state index in [0.717, 1.165) is 19.3 Å². The topological polar surface area (TPSA) is 63.6 Å². The number of hydrogen-bond donors (Lipinski definition) is 1. The molecule has 0 amide bonds. The summed E-state index contributed by atoms with van der Waals surface area (Å²) in [5.74, 6) is -0.929. The number of aliphatic carboxylic acids is 1. The molecule has 158 valence electrons. The highest BCUT2D eigenvalue weighted by atomic mass is 16.5. The smallest absolute Gasteiger partial charge is 0.306 e. The molecule has 0 aliphatic rings. The monoisotopic (exact) mass is 382 g/mol. The molecule has 1 N–H and O–H groups in total. The maximum atomic E-state index is 11.9. The van der Waals surface area contributed by atoms with Crippen molar-refractivity contribution in [2.24, 2.45) is 0 Å². The lowest BCUT2D eigenvalue weighted by atomic mass is 10.1. The van der Waals surface area contributed by atoms with Crippen LogP contribution in [0.5, 0.6) is 0 Å². The molecule has 0 rings (SSSR count). The first-order valence-electron chi connectivity index (χ1n) is 11.2. The van der Waals surface area contributed by atoms with Gasteiger partial charge in [-0.1, -0.05) is 64.5 Å². The number of carboxylic acids is 1. The molecular weight excluding hydrogens is 340 g/mol. The maximum Gasteiger partial charge on any atom is 0.306 e. The van der Waals surface area contributed by atoms with Crippen molar-refractivity contribution in [2.45, 2.75) is 123 Å². The van der Waals surface area contributed by atoms with Gasteiger partial charge in [-0.25, -0.2) is 0 Å². The molecule has 0 aliphatic carbocycles. The summed E-state index contributed by atoms with van der Waals surface area (Å²) >= 11 is 0. The van der Waals surface area contributed by atoms with Gasteiger partial charge in [0.25, 0.3) is 0 Å². The van der Waals surface area contributed by atoms with Crippen molar-refractivity contribution in [3.05, 3.63) is 12.2 Å². The number of ether oxygens (including phenoxy) is 1. The van der Waals surface area contributed by atoms with E-state index >= 15 is 0 Å². The van der Waals surface area contributed by atoms with Crippen molar-refractivity contribution < 1.29 is 19.4 Å². The third-order valence-corrected chi connectivity index (χ3v) is 4.81. The zero-order valence-corrected chi connectivity index (χ0v) is 17.7. The summed E-state index contributed by atoms with van der Waals surface area (Å²) in [7, 11) is 0. The summed E-state index contributed by atoms with van der Waals surface area (Å²) < 4.78 is 5.45. The lowest BCUT2D eigenvalue weighted by Gasteiger charge is -2.15. The molecule has 0 aromatic carbocycles. The average Bonchev–Trinajstić information content (AvgIpc) is 2.64. The summed E-state index contributed by atoms with van der Waals surface area (Å²) in [6.45, 7) is 4.21. The Morgan fingerprint density at radius 1 is 0.815 bits per heavy atom. The minimum atomic E-state index is -0.793. The van der Waals surface area contributed by atoms with Crippen LogP contribution in [0.15, 0.2) is 12.2 Å². The lowest BCUT2D eigenvalue weighted by molar-refractivity contribution is -0.149. The fourth-order valence-electron chi connectivity index (χ4n) is 3.06. The van der Waals surface area contributed by atoms with Crippen molar-refractivity contribution in [1.29, 1.82) is 0 Å². The van der Waals surface area contributed by atoms with Crippen LogP contribution in [0.3, 0.4) is 0 Å². The number of carboxylic acid groups (broad SMARTS) is 1. The third-order valence-electron chi connectivity index (χ3n) is 4.81. The molecule has 1 unspecified atom stereocenters. The minimum Gasteiger partial charge on any atom is -0.481 e. The summed E-state index contributed by atoms with van der Waals surface area (Å²) in [4.78, 5) is 22.4. The van der Waals surface area contributed by atoms with Crippen molar-refractivity contribution in [1.82, 2.24) is 0 Å². The van der Waals surface area contributed by atoms with E-state index in [-0.39, 0.29) is 18.5 Å². The van der Waals surface area contributed by atoms with Gasteiger partial charge in [-0.3, -0.25) is 9.59 Å². The Kier molecular flexibility index (Phi) is 18.5. The molecule has 0 saturated heterocycles. The first kappa shape index (κ1) is 25.7. The van der Waals surface area contributed by atoms with E-state index < -0.39 is 5.97 Å². The van der Waals surface area contributed by atoms with E-state index in [1.165, 1.54) is 57.8 Å². The molecule has 27 heavy (non-hydrogen) atoms. The fraction of sp³-hybridized carbons (Fsp3) is 0.826. The van der Waals surface area contributed by atoms with Crippen molar-refractivity contribution in [3.63, 3.8) is 0 Å². The Morgan fingerprint density at radius 3 is 2.00 bits per heavy atom. The van der Waals surface area contributed by atoms with Crippen molar-refractivity contribution in [3.8, 4) is 0 Å². The molecule has 0 saturated carbocycles. The summed E-state index contributed by atoms with van der Waals surface area (Å²) in [5.41, 5.74) is 0. The molecule has 0 spiro atoms. The van der Waals surface area contributed by atoms with Gasteiger partial charge in [-0.15, -0.1) is 0 Å². The van der Waals surface area contributed by atoms with Crippen LogP contribution in [0, 0.1) is 0 Å². The molecule has 4 heteroatoms. The summed E-state index contributed by atoms with van der Waals surface area (Å²) in [6.07, 6.45) is 20.4. The van der Waals surface area contributed by atoms with Crippen molar-refractivity contribution >= 4 is 11.9 Å². The van der Waals surface area contributed by atoms with E-state index in [1.807, 2.05) is 6.92 Å². The van der Waals surface area contributed by atoms with Gasteiger partial charge in [-0.2, -0.15) is 0 Å². The molecule has 0 radical (unpaired) electrons. The van der Waals surface area contributed by atoms with Gasteiger partial charge in [0.15, 0.2) is 0 Å². The molecule has 0 heterocycles. The van der Waals surface area contributed by atoms with Crippen LogP contribution in [-0.2, 0) is 14.3 Å². The maximum absolute atomic E-state index is 11.9. The molecule has 0 bridgehead atoms. The highest BCUT2D eigenvalue weighted by Crippen LogP contribution is 2.13. The van der Waals surface area contributed by atoms with Crippen LogP contribution in [-0.4, -0.2) is 23.1 Å². The first-order chi connectivity index (χ1) is 13.1. The molecule has 0 fully saturated rings. The fourth-order valence-corrected chi connectivity index (χ4v) is 3.06. The van der Waals surface area contributed by atoms with E-state index in [1.54, 1.807) is 0 Å². The summed E-state index contributed by atoms with van der Waals surface area (Å²) in [5, 5.41) is 8.66. The second-order valence-corrected chi connectivity index (χ2v) is 7.43. The van der Waals surface area contributed by atoms with E-state index in [2.05, 4.69) is 19.1 Å². The van der Waals surface area contributed by atoms with E-state index in [9.17, 15) is 9.59 Å². The average molecular weight is 383 g/mol. The SMILES string of the molecule is CCCCCC/C=C\CCCCCCCC(=O)OC(CC)CCCC(=O)O. The predicted molar refractivity (Wildman–Crippen MR) is 112 cm³/mol. The van der Waals surface area contributed by atoms with Crippen LogP contribution in [0.25, 0.3) is 0 Å². The highest BCUT2D eigenvalue weighted by Gasteiger charge is 2.12. The van der Waals surface area contributed by atoms with Crippen LogP contribution >= 0.6 is 0 Å². The standard InChI is InChI=1S/C23H42O4/c1-3-5-6-7-8-9-10-11-12-13-14-15-16-20-23(26)27-21(4-2)18-17-19-22(24)25/h9-10,21H,3-8,11-20H2,1-2H3,(H,24,25)/b10-9-. The molecule has 0 aliphatic heterocycles. The second kappa shape index (κ2) is 19.4. The number of carbonyl (C=O) groups is 2. The van der Waals surface area contributed by atoms with Gasteiger partial charge >= 0.3 is 11.9 Å². The predicted octanol–water partition coefficient (Wildman–Crippen LogP) is 6.82. The van der Waals surface area contributed by atoms with Gasteiger partial charge in [0, 0.05) is 12.8 Å². The van der Waals surface area contributed by atoms with Crippen LogP contribution in [0.4, 0.5) is 0 Å². The Labute approximate surface area is 166 Å². The second-order valence-electron chi connectivity index (χ2n) is 7.43. The number of esters is 1. The quantitative estimate of drug-likeness (QED) is 0.151. The third kappa shape index (κ3) is 19.3. The Hall–Kier alpha value is -1.32. The molecule has 1 atom stereocenters. The highest BCUT2D eigenvalue weighted by molar-refractivity contribution is 5.69. The zero-order chi connectivity index (χ0) is 20.2. The van der Waals surface area contributed by atoms with Crippen molar-refractivity contribution in [2.75, 3.05) is 0 Å². The molecular formula is C23H42O4. The van der Waals surface area contributed by atoms with Gasteiger partial charge in [0.2, 0.25) is 0 Å². The van der Waals surface area contributed by atoms with Crippen LogP contribution in [0.1, 0.15) is 117 Å². The largest absolute Gasteiger partial charge is 0.481 e. The molecule has 4 nitrogen and oxygen atoms in total. The van der Waals surface area contributed by atoms with E-state index in [0.29, 0.717) is 19.3 Å². The Balaban J connectivity index is 3.48. The van der Waals surface area contributed by atoms with Gasteiger partial charge in [-0.05, 0) is 51.4 Å². The van der Waals surface area contributed by atoms with Gasteiger partial charge in [0.1, 0.15) is 6.10 Å². The lowest BCUT2D eigenvalue weighted by Crippen LogP contribution is -2.17. The zero-order valence-electron chi connectivity index (χ0n) is 17.7.